The fourth-order valence-electron chi connectivity index (χ4n) is 3.58. The molecule has 1 aliphatic carbocycles. The van der Waals surface area contributed by atoms with Crippen LogP contribution < -0.4 is 11.5 Å². The highest BCUT2D eigenvalue weighted by molar-refractivity contribution is 5.90. The van der Waals surface area contributed by atoms with Crippen LogP contribution in [0.4, 0.5) is 11.4 Å². The van der Waals surface area contributed by atoms with Crippen LogP contribution in [0.5, 0.6) is 0 Å². The topological polar surface area (TPSA) is 114 Å². The Balaban J connectivity index is 1.45. The largest absolute Gasteiger partial charge is 0.459 e. The Hall–Kier alpha value is -3.58. The minimum Gasteiger partial charge on any atom is -0.459 e. The van der Waals surface area contributed by atoms with Crippen LogP contribution in [0.1, 0.15) is 47.2 Å². The number of hydrogen-bond donors (Lipinski definition) is 2. The highest BCUT2D eigenvalue weighted by Gasteiger charge is 2.24. The lowest BCUT2D eigenvalue weighted by atomic mass is 9.95. The van der Waals surface area contributed by atoms with E-state index in [0.717, 1.165) is 31.2 Å². The van der Waals surface area contributed by atoms with Gasteiger partial charge in [0.2, 0.25) is 0 Å². The Morgan fingerprint density at radius 2 is 1.70 bits per heavy atom. The van der Waals surface area contributed by atoms with Crippen molar-refractivity contribution in [2.75, 3.05) is 18.1 Å². The standard InChI is InChI=1S/C26H30N2O5/c1-2-15-31-22-9-11-23(12-10-22)33-26(30)19-6-3-18(4-7-19)5-14-25(29)32-17-20-16-21(27)8-13-24(20)28/h2-8,13-14,16,22-23H,1,9-12,15,17,27-28H2. The van der Waals surface area contributed by atoms with Crippen molar-refractivity contribution in [3.8, 4) is 0 Å². The third-order valence-corrected chi connectivity index (χ3v) is 5.44. The summed E-state index contributed by atoms with van der Waals surface area (Å²) in [6.45, 7) is 4.24. The van der Waals surface area contributed by atoms with Gasteiger partial charge in [0.05, 0.1) is 18.3 Å². The highest BCUT2D eigenvalue weighted by atomic mass is 16.5. The molecule has 0 saturated heterocycles. The predicted octanol–water partition coefficient (Wildman–Crippen LogP) is 4.28. The summed E-state index contributed by atoms with van der Waals surface area (Å²) >= 11 is 0. The summed E-state index contributed by atoms with van der Waals surface area (Å²) in [5.74, 6) is -0.854. The van der Waals surface area contributed by atoms with E-state index in [2.05, 4.69) is 6.58 Å². The van der Waals surface area contributed by atoms with Gasteiger partial charge in [-0.25, -0.2) is 9.59 Å². The predicted molar refractivity (Wildman–Crippen MR) is 128 cm³/mol. The van der Waals surface area contributed by atoms with Crippen molar-refractivity contribution in [3.63, 3.8) is 0 Å². The van der Waals surface area contributed by atoms with Gasteiger partial charge in [0.15, 0.2) is 0 Å². The van der Waals surface area contributed by atoms with Crippen LogP contribution in [-0.4, -0.2) is 30.8 Å². The van der Waals surface area contributed by atoms with Gasteiger partial charge >= 0.3 is 11.9 Å². The van der Waals surface area contributed by atoms with Gasteiger partial charge in [0, 0.05) is 23.0 Å². The number of ether oxygens (including phenoxy) is 3. The second kappa shape index (κ2) is 11.9. The van der Waals surface area contributed by atoms with Crippen LogP contribution >= 0.6 is 0 Å². The van der Waals surface area contributed by atoms with Crippen LogP contribution in [0.3, 0.4) is 0 Å². The second-order valence-corrected chi connectivity index (χ2v) is 7.95. The third-order valence-electron chi connectivity index (χ3n) is 5.44. The molecule has 0 heterocycles. The molecule has 7 heteroatoms. The summed E-state index contributed by atoms with van der Waals surface area (Å²) in [5.41, 5.74) is 14.5. The Morgan fingerprint density at radius 3 is 2.39 bits per heavy atom. The number of carbonyl (C=O) groups excluding carboxylic acids is 2. The Labute approximate surface area is 194 Å². The monoisotopic (exact) mass is 450 g/mol. The van der Waals surface area contributed by atoms with Crippen molar-refractivity contribution in [3.05, 3.63) is 77.9 Å². The smallest absolute Gasteiger partial charge is 0.338 e. The molecule has 1 fully saturated rings. The number of hydrogen-bond acceptors (Lipinski definition) is 7. The molecule has 0 aromatic heterocycles. The van der Waals surface area contributed by atoms with Gasteiger partial charge in [-0.2, -0.15) is 0 Å². The molecule has 1 aliphatic rings. The maximum atomic E-state index is 12.4. The molecule has 33 heavy (non-hydrogen) atoms. The molecular weight excluding hydrogens is 420 g/mol. The Kier molecular flexibility index (Phi) is 8.66. The number of carbonyl (C=O) groups is 2. The molecule has 0 atom stereocenters. The van der Waals surface area contributed by atoms with E-state index in [1.165, 1.54) is 6.08 Å². The number of rotatable bonds is 9. The molecule has 1 saturated carbocycles. The van der Waals surface area contributed by atoms with Crippen molar-refractivity contribution in [1.82, 2.24) is 0 Å². The molecule has 7 nitrogen and oxygen atoms in total. The maximum absolute atomic E-state index is 12.4. The lowest BCUT2D eigenvalue weighted by Gasteiger charge is -2.28. The zero-order chi connectivity index (χ0) is 23.6. The molecular formula is C26H30N2O5. The highest BCUT2D eigenvalue weighted by Crippen LogP contribution is 2.24. The summed E-state index contributed by atoms with van der Waals surface area (Å²) in [5, 5.41) is 0. The normalized spacial score (nSPS) is 18.1. The van der Waals surface area contributed by atoms with Gasteiger partial charge in [0.1, 0.15) is 12.7 Å². The van der Waals surface area contributed by atoms with Gasteiger partial charge in [-0.1, -0.05) is 18.2 Å². The summed E-state index contributed by atoms with van der Waals surface area (Å²) in [6, 6.07) is 11.9. The lowest BCUT2D eigenvalue weighted by Crippen LogP contribution is -2.28. The number of benzene rings is 2. The maximum Gasteiger partial charge on any atom is 0.338 e. The fraction of sp³-hybridized carbons (Fsp3) is 0.308. The van der Waals surface area contributed by atoms with Crippen molar-refractivity contribution in [2.24, 2.45) is 0 Å². The average molecular weight is 451 g/mol. The van der Waals surface area contributed by atoms with Crippen molar-refractivity contribution >= 4 is 29.4 Å². The molecule has 0 radical (unpaired) electrons. The van der Waals surface area contributed by atoms with Crippen LogP contribution in [-0.2, 0) is 25.6 Å². The molecule has 174 valence electrons. The van der Waals surface area contributed by atoms with Gasteiger partial charge in [0.25, 0.3) is 0 Å². The summed E-state index contributed by atoms with van der Waals surface area (Å²) in [6.07, 6.45) is 8.11. The van der Waals surface area contributed by atoms with Crippen LogP contribution in [0.25, 0.3) is 6.08 Å². The third kappa shape index (κ3) is 7.50. The van der Waals surface area contributed by atoms with Gasteiger partial charge in [-0.05, 0) is 67.7 Å². The van der Waals surface area contributed by atoms with E-state index in [-0.39, 0.29) is 24.8 Å². The van der Waals surface area contributed by atoms with Crippen LogP contribution in [0.15, 0.2) is 61.2 Å². The minimum atomic E-state index is -0.506. The zero-order valence-corrected chi connectivity index (χ0v) is 18.6. The average Bonchev–Trinajstić information content (AvgIpc) is 2.83. The first-order valence-corrected chi connectivity index (χ1v) is 11.0. The first kappa shape index (κ1) is 24.1. The summed E-state index contributed by atoms with van der Waals surface area (Å²) in [4.78, 5) is 24.4. The molecule has 2 aromatic carbocycles. The first-order chi connectivity index (χ1) is 15.9. The first-order valence-electron chi connectivity index (χ1n) is 11.0. The van der Waals surface area contributed by atoms with Crippen molar-refractivity contribution in [1.29, 1.82) is 0 Å². The second-order valence-electron chi connectivity index (χ2n) is 7.95. The Bertz CT molecular complexity index is 992. The fourth-order valence-corrected chi connectivity index (χ4v) is 3.58. The number of nitrogen functional groups attached to an aromatic ring is 2. The Morgan fingerprint density at radius 1 is 1.00 bits per heavy atom. The molecule has 3 rings (SSSR count). The molecule has 2 aromatic rings. The van der Waals surface area contributed by atoms with E-state index in [0.29, 0.717) is 29.1 Å². The van der Waals surface area contributed by atoms with Gasteiger partial charge < -0.3 is 25.7 Å². The SMILES string of the molecule is C=CCOC1CCC(OC(=O)c2ccc(C=CC(=O)OCc3cc(N)ccc3N)cc2)CC1. The van der Waals surface area contributed by atoms with Crippen molar-refractivity contribution < 1.29 is 23.8 Å². The summed E-state index contributed by atoms with van der Waals surface area (Å²) < 4.78 is 16.5. The quantitative estimate of drug-likeness (QED) is 0.254. The van der Waals surface area contributed by atoms with E-state index >= 15 is 0 Å². The number of anilines is 2. The van der Waals surface area contributed by atoms with Crippen LogP contribution in [0.2, 0.25) is 0 Å². The molecule has 0 bridgehead atoms. The zero-order valence-electron chi connectivity index (χ0n) is 18.6. The number of esters is 2. The van der Waals surface area contributed by atoms with E-state index in [1.54, 1.807) is 54.6 Å². The van der Waals surface area contributed by atoms with E-state index in [9.17, 15) is 9.59 Å². The van der Waals surface area contributed by atoms with Gasteiger partial charge in [-0.3, -0.25) is 0 Å². The molecule has 0 amide bonds. The van der Waals surface area contributed by atoms with Crippen molar-refractivity contribution in [2.45, 2.75) is 44.5 Å². The molecule has 0 spiro atoms. The molecule has 0 aliphatic heterocycles. The van der Waals surface area contributed by atoms with Crippen LogP contribution in [0, 0.1) is 0 Å². The number of nitrogens with two attached hydrogens (primary N) is 2. The molecule has 0 unspecified atom stereocenters. The minimum absolute atomic E-state index is 0.0348. The van der Waals surface area contributed by atoms with E-state index in [4.69, 9.17) is 25.7 Å². The van der Waals surface area contributed by atoms with E-state index < -0.39 is 5.97 Å². The van der Waals surface area contributed by atoms with E-state index in [1.807, 2.05) is 0 Å². The lowest BCUT2D eigenvalue weighted by molar-refractivity contribution is -0.138. The van der Waals surface area contributed by atoms with Gasteiger partial charge in [-0.15, -0.1) is 6.58 Å². The summed E-state index contributed by atoms with van der Waals surface area (Å²) in [7, 11) is 0. The molecule has 4 N–H and O–H groups in total.